The average Bonchev–Trinajstić information content (AvgIpc) is 2.63. The van der Waals surface area contributed by atoms with Gasteiger partial charge in [0.2, 0.25) is 0 Å². The van der Waals surface area contributed by atoms with Crippen molar-refractivity contribution in [3.8, 4) is 0 Å². The van der Waals surface area contributed by atoms with Gasteiger partial charge in [0, 0.05) is 16.9 Å². The number of aromatic nitrogens is 2. The number of nitrogens with zero attached hydrogens (tertiary/aromatic N) is 2. The number of ketones is 1. The van der Waals surface area contributed by atoms with Gasteiger partial charge in [-0.25, -0.2) is 4.98 Å². The Labute approximate surface area is 165 Å². The fourth-order valence-corrected chi connectivity index (χ4v) is 3.40. The summed E-state index contributed by atoms with van der Waals surface area (Å²) < 4.78 is 1.94. The van der Waals surface area contributed by atoms with E-state index in [1.807, 2.05) is 13.8 Å². The zero-order chi connectivity index (χ0) is 19.3. The topological polar surface area (TPSA) is 84.2 Å². The van der Waals surface area contributed by atoms with Crippen LogP contribution in [0.3, 0.4) is 0 Å². The van der Waals surface area contributed by atoms with E-state index in [-0.39, 0.29) is 30.3 Å². The quantitative estimate of drug-likeness (QED) is 0.757. The molecule has 3 rings (SSSR count). The van der Waals surface area contributed by atoms with Gasteiger partial charge >= 0.3 is 0 Å². The summed E-state index contributed by atoms with van der Waals surface area (Å²) in [7, 11) is 0. The number of fused-ring (bicyclic) bond motifs is 1. The minimum atomic E-state index is -0.523. The van der Waals surface area contributed by atoms with Gasteiger partial charge in [0.1, 0.15) is 0 Å². The highest BCUT2D eigenvalue weighted by Gasteiger charge is 2.25. The number of carbonyl (C=O) groups is 1. The smallest absolute Gasteiger partial charge is 0.261 e. The van der Waals surface area contributed by atoms with Crippen LogP contribution >= 0.6 is 27.5 Å². The van der Waals surface area contributed by atoms with Crippen molar-refractivity contribution in [2.75, 3.05) is 6.54 Å². The first-order valence-corrected chi connectivity index (χ1v) is 9.90. The van der Waals surface area contributed by atoms with Crippen molar-refractivity contribution in [3.05, 3.63) is 38.3 Å². The van der Waals surface area contributed by atoms with E-state index in [4.69, 9.17) is 11.6 Å². The van der Waals surface area contributed by atoms with Crippen molar-refractivity contribution in [3.63, 3.8) is 0 Å². The zero-order valence-electron chi connectivity index (χ0n) is 14.8. The van der Waals surface area contributed by atoms with E-state index in [0.29, 0.717) is 26.8 Å². The van der Waals surface area contributed by atoms with E-state index in [0.717, 1.165) is 13.0 Å². The molecule has 6 nitrogen and oxygen atoms in total. The lowest BCUT2D eigenvalue weighted by Gasteiger charge is -2.28. The molecular weight excluding hydrogens is 422 g/mol. The molecule has 0 amide bonds. The number of Topliss-reactive ketones (excluding diaryl/α,β-unsaturated/α-hetero) is 1. The van der Waals surface area contributed by atoms with Crippen molar-refractivity contribution in [1.29, 1.82) is 0 Å². The molecule has 0 bridgehead atoms. The molecule has 2 heterocycles. The fraction of sp³-hybridized carbons (Fsp3) is 0.500. The average molecular weight is 445 g/mol. The molecule has 2 atom stereocenters. The van der Waals surface area contributed by atoms with Crippen molar-refractivity contribution in [1.82, 2.24) is 14.9 Å². The van der Waals surface area contributed by atoms with E-state index >= 15 is 0 Å². The third-order valence-electron chi connectivity index (χ3n) is 4.21. The Balaban J connectivity index is 0.00000117. The van der Waals surface area contributed by atoms with Crippen LogP contribution in [0.25, 0.3) is 10.9 Å². The van der Waals surface area contributed by atoms with Crippen LogP contribution in [-0.4, -0.2) is 39.1 Å². The predicted molar refractivity (Wildman–Crippen MR) is 107 cm³/mol. The third-order valence-corrected chi connectivity index (χ3v) is 5.41. The summed E-state index contributed by atoms with van der Waals surface area (Å²) in [6.45, 7) is 4.72. The Morgan fingerprint density at radius 1 is 1.46 bits per heavy atom. The molecule has 0 saturated carbocycles. The number of aliphatic hydroxyl groups is 1. The minimum Gasteiger partial charge on any atom is -0.391 e. The van der Waals surface area contributed by atoms with Gasteiger partial charge in [-0.2, -0.15) is 0 Å². The van der Waals surface area contributed by atoms with E-state index in [1.165, 1.54) is 10.9 Å². The van der Waals surface area contributed by atoms with Crippen molar-refractivity contribution >= 4 is 44.2 Å². The monoisotopic (exact) mass is 443 g/mol. The lowest BCUT2D eigenvalue weighted by molar-refractivity contribution is -0.121. The van der Waals surface area contributed by atoms with E-state index in [1.54, 1.807) is 12.1 Å². The SMILES string of the molecule is CC.O=C(C[C@H]1NCCC[C@@H]1O)Cn1cnc2cc(Br)c(Cl)cc2c1=O. The van der Waals surface area contributed by atoms with Gasteiger partial charge in [-0.05, 0) is 47.4 Å². The molecule has 26 heavy (non-hydrogen) atoms. The number of halogens is 2. The molecule has 1 aliphatic heterocycles. The fourth-order valence-electron chi connectivity index (χ4n) is 2.91. The molecule has 142 valence electrons. The summed E-state index contributed by atoms with van der Waals surface area (Å²) in [6.07, 6.45) is 2.62. The Hall–Kier alpha value is -1.28. The Kier molecular flexibility index (Phi) is 7.76. The zero-order valence-corrected chi connectivity index (χ0v) is 17.2. The van der Waals surface area contributed by atoms with Gasteiger partial charge < -0.3 is 10.4 Å². The summed E-state index contributed by atoms with van der Waals surface area (Å²) in [5.74, 6) is -0.125. The molecule has 1 aromatic carbocycles. The summed E-state index contributed by atoms with van der Waals surface area (Å²) in [4.78, 5) is 29.0. The number of hydrogen-bond donors (Lipinski definition) is 2. The maximum absolute atomic E-state index is 12.5. The predicted octanol–water partition coefficient (Wildman–Crippen LogP) is 2.91. The van der Waals surface area contributed by atoms with Gasteiger partial charge in [0.05, 0.1) is 34.9 Å². The highest BCUT2D eigenvalue weighted by molar-refractivity contribution is 9.10. The number of rotatable bonds is 4. The standard InChI is InChI=1S/C16H17BrClN3O3.C2H6/c17-11-6-13-10(5-12(11)18)16(24)21(8-20-13)7-9(22)4-14-15(23)2-1-3-19-14;1-2/h5-6,8,14-15,19,23H,1-4,7H2;1-2H3/t14-,15+;/m1./s1. The number of carbonyl (C=O) groups excluding carboxylic acids is 1. The second-order valence-electron chi connectivity index (χ2n) is 5.97. The maximum atomic E-state index is 12.5. The summed E-state index contributed by atoms with van der Waals surface area (Å²) in [5, 5.41) is 13.9. The molecule has 1 aliphatic rings. The van der Waals surface area contributed by atoms with E-state index < -0.39 is 6.10 Å². The van der Waals surface area contributed by atoms with Crippen LogP contribution in [0.5, 0.6) is 0 Å². The highest BCUT2D eigenvalue weighted by Crippen LogP contribution is 2.25. The lowest BCUT2D eigenvalue weighted by atomic mass is 9.97. The first kappa shape index (κ1) is 21.0. The summed E-state index contributed by atoms with van der Waals surface area (Å²) in [5.41, 5.74) is 0.212. The number of piperidine rings is 1. The molecule has 2 N–H and O–H groups in total. The molecule has 1 fully saturated rings. The van der Waals surface area contributed by atoms with Crippen LogP contribution < -0.4 is 10.9 Å². The number of aliphatic hydroxyl groups excluding tert-OH is 1. The van der Waals surface area contributed by atoms with E-state index in [2.05, 4.69) is 26.2 Å². The molecule has 0 spiro atoms. The molecule has 0 radical (unpaired) electrons. The van der Waals surface area contributed by atoms with Crippen molar-refractivity contribution < 1.29 is 9.90 Å². The molecule has 1 aromatic heterocycles. The van der Waals surface area contributed by atoms with Crippen LogP contribution in [0, 0.1) is 0 Å². The van der Waals surface area contributed by atoms with Gasteiger partial charge in [-0.15, -0.1) is 0 Å². The first-order chi connectivity index (χ1) is 12.5. The molecule has 1 saturated heterocycles. The second kappa shape index (κ2) is 9.60. The van der Waals surface area contributed by atoms with Gasteiger partial charge in [0.25, 0.3) is 5.56 Å². The van der Waals surface area contributed by atoms with E-state index in [9.17, 15) is 14.7 Å². The summed E-state index contributed by atoms with van der Waals surface area (Å²) in [6, 6.07) is 2.97. The number of benzene rings is 1. The van der Waals surface area contributed by atoms with Crippen LogP contribution in [0.15, 0.2) is 27.7 Å². The Morgan fingerprint density at radius 2 is 2.19 bits per heavy atom. The van der Waals surface area contributed by atoms with Crippen molar-refractivity contribution in [2.24, 2.45) is 0 Å². The van der Waals surface area contributed by atoms with Crippen LogP contribution in [0.2, 0.25) is 5.02 Å². The lowest BCUT2D eigenvalue weighted by Crippen LogP contribution is -2.46. The largest absolute Gasteiger partial charge is 0.391 e. The molecular formula is C18H23BrClN3O3. The normalized spacial score (nSPS) is 19.7. The summed E-state index contributed by atoms with van der Waals surface area (Å²) >= 11 is 9.33. The molecule has 0 unspecified atom stereocenters. The van der Waals surface area contributed by atoms with Gasteiger partial charge in [-0.1, -0.05) is 25.4 Å². The van der Waals surface area contributed by atoms with Gasteiger partial charge in [0.15, 0.2) is 5.78 Å². The molecule has 2 aromatic rings. The second-order valence-corrected chi connectivity index (χ2v) is 7.24. The van der Waals surface area contributed by atoms with Gasteiger partial charge in [-0.3, -0.25) is 14.2 Å². The first-order valence-electron chi connectivity index (χ1n) is 8.73. The number of nitrogens with one attached hydrogen (secondary N) is 1. The van der Waals surface area contributed by atoms with Crippen LogP contribution in [0.1, 0.15) is 33.1 Å². The minimum absolute atomic E-state index is 0.0691. The van der Waals surface area contributed by atoms with Crippen LogP contribution in [-0.2, 0) is 11.3 Å². The third kappa shape index (κ3) is 4.91. The Morgan fingerprint density at radius 3 is 2.88 bits per heavy atom. The Bertz CT molecular complexity index is 840. The molecule has 8 heteroatoms. The highest BCUT2D eigenvalue weighted by atomic mass is 79.9. The van der Waals surface area contributed by atoms with Crippen molar-refractivity contribution in [2.45, 2.75) is 51.8 Å². The molecule has 0 aliphatic carbocycles. The maximum Gasteiger partial charge on any atom is 0.261 e. The number of hydrogen-bond acceptors (Lipinski definition) is 5. The van der Waals surface area contributed by atoms with Crippen LogP contribution in [0.4, 0.5) is 0 Å².